The van der Waals surface area contributed by atoms with Crippen LogP contribution in [0.5, 0.6) is 11.5 Å². The molecule has 14 heteroatoms. The van der Waals surface area contributed by atoms with Gasteiger partial charge in [-0.15, -0.1) is 37.2 Å². The number of nitrogens with two attached hydrogens (primary N) is 1. The Bertz CT molecular complexity index is 1520. The number of hydrogen-bond donors (Lipinski definition) is 2. The second-order valence-corrected chi connectivity index (χ2v) is 12.4. The van der Waals surface area contributed by atoms with Crippen LogP contribution in [0.3, 0.4) is 0 Å². The van der Waals surface area contributed by atoms with Crippen LogP contribution in [0.1, 0.15) is 71.2 Å². The van der Waals surface area contributed by atoms with E-state index in [2.05, 4.69) is 29.3 Å². The number of hydrogen-bond acceptors (Lipinski definition) is 8. The Labute approximate surface area is 320 Å². The van der Waals surface area contributed by atoms with Crippen molar-refractivity contribution < 1.29 is 23.9 Å². The lowest BCUT2D eigenvalue weighted by molar-refractivity contribution is -0.132. The van der Waals surface area contributed by atoms with E-state index in [0.29, 0.717) is 72.8 Å². The first-order valence-electron chi connectivity index (χ1n) is 16.8. The third-order valence-corrected chi connectivity index (χ3v) is 8.61. The van der Waals surface area contributed by atoms with Gasteiger partial charge in [0.1, 0.15) is 17.3 Å². The van der Waals surface area contributed by atoms with Crippen LogP contribution in [0.15, 0.2) is 60.8 Å². The molecule has 0 saturated carbocycles. The second-order valence-electron chi connectivity index (χ2n) is 12.4. The Kier molecular flexibility index (Phi) is 20.5. The van der Waals surface area contributed by atoms with Gasteiger partial charge < -0.3 is 35.2 Å². The molecular weight excluding hydrogens is 715 g/mol. The van der Waals surface area contributed by atoms with E-state index in [1.807, 2.05) is 30.0 Å². The average Bonchev–Trinajstić information content (AvgIpc) is 3.09. The van der Waals surface area contributed by atoms with Crippen molar-refractivity contribution in [3.63, 3.8) is 0 Å². The Morgan fingerprint density at radius 3 is 2.24 bits per heavy atom. The van der Waals surface area contributed by atoms with Crippen molar-refractivity contribution in [1.82, 2.24) is 14.8 Å². The van der Waals surface area contributed by atoms with Crippen LogP contribution in [-0.2, 0) is 4.79 Å². The van der Waals surface area contributed by atoms with Gasteiger partial charge in [-0.05, 0) is 108 Å². The molecule has 3 aromatic rings. The number of rotatable bonds is 16. The molecule has 0 bridgehead atoms. The largest absolute Gasteiger partial charge is 0.493 e. The molecule has 0 atom stereocenters. The highest BCUT2D eigenvalue weighted by atomic mass is 35.5. The molecule has 11 nitrogen and oxygen atoms in total. The summed E-state index contributed by atoms with van der Waals surface area (Å²) in [6, 6.07) is 16.5. The van der Waals surface area contributed by atoms with Gasteiger partial charge in [-0.2, -0.15) is 0 Å². The highest BCUT2D eigenvalue weighted by molar-refractivity contribution is 6.07. The van der Waals surface area contributed by atoms with Crippen molar-refractivity contribution >= 4 is 66.4 Å². The van der Waals surface area contributed by atoms with Gasteiger partial charge in [0.25, 0.3) is 11.8 Å². The van der Waals surface area contributed by atoms with Crippen LogP contribution in [0, 0.1) is 6.92 Å². The molecule has 51 heavy (non-hydrogen) atoms. The average molecular weight is 768 g/mol. The summed E-state index contributed by atoms with van der Waals surface area (Å²) in [5.74, 6) is 1.01. The van der Waals surface area contributed by atoms with Gasteiger partial charge in [0.2, 0.25) is 5.91 Å². The number of nitrogens with zero attached hydrogens (tertiary/aromatic N) is 4. The van der Waals surface area contributed by atoms with Gasteiger partial charge in [-0.3, -0.25) is 14.4 Å². The number of likely N-dealkylation sites (tertiary alicyclic amines) is 1. The molecule has 1 aliphatic rings. The van der Waals surface area contributed by atoms with Crippen molar-refractivity contribution in [2.24, 2.45) is 5.73 Å². The van der Waals surface area contributed by atoms with Crippen LogP contribution >= 0.6 is 37.2 Å². The smallest absolute Gasteiger partial charge is 0.260 e. The maximum Gasteiger partial charge on any atom is 0.260 e. The molecule has 3 amide bonds. The lowest BCUT2D eigenvalue weighted by atomic mass is 10.0. The third kappa shape index (κ3) is 13.5. The molecule has 2 heterocycles. The molecule has 0 aliphatic carbocycles. The summed E-state index contributed by atoms with van der Waals surface area (Å²) in [5, 5.41) is 2.77. The maximum absolute atomic E-state index is 13.4. The molecule has 0 unspecified atom stereocenters. The fourth-order valence-electron chi connectivity index (χ4n) is 5.67. The number of unbranched alkanes of at least 4 members (excludes halogenated alkanes) is 2. The number of anilines is 2. The molecule has 282 valence electrons. The number of carbonyl (C=O) groups is 3. The minimum atomic E-state index is -0.365. The first kappa shape index (κ1) is 45.4. The molecular formula is C37H53Cl3N6O5. The topological polar surface area (TPSA) is 130 Å². The van der Waals surface area contributed by atoms with E-state index in [1.54, 1.807) is 43.4 Å². The summed E-state index contributed by atoms with van der Waals surface area (Å²) >= 11 is 0. The summed E-state index contributed by atoms with van der Waals surface area (Å²) in [5.41, 5.74) is 7.96. The monoisotopic (exact) mass is 766 g/mol. The number of carbonyl (C=O) groups excluding carboxylic acids is 3. The van der Waals surface area contributed by atoms with Crippen LogP contribution in [0.4, 0.5) is 11.5 Å². The number of nitrogens with one attached hydrogen (secondary N) is 1. The molecule has 3 N–H and O–H groups in total. The lowest BCUT2D eigenvalue weighted by Gasteiger charge is -2.35. The molecule has 0 spiro atoms. The summed E-state index contributed by atoms with van der Waals surface area (Å²) < 4.78 is 11.9. The Morgan fingerprint density at radius 2 is 1.57 bits per heavy atom. The van der Waals surface area contributed by atoms with Gasteiger partial charge in [-0.25, -0.2) is 4.98 Å². The van der Waals surface area contributed by atoms with E-state index in [4.69, 9.17) is 15.2 Å². The van der Waals surface area contributed by atoms with Gasteiger partial charge in [0.15, 0.2) is 0 Å². The molecule has 0 radical (unpaired) electrons. The normalized spacial score (nSPS) is 12.5. The van der Waals surface area contributed by atoms with E-state index >= 15 is 0 Å². The lowest BCUT2D eigenvalue weighted by Crippen LogP contribution is -2.44. The number of aryl methyl sites for hydroxylation is 1. The summed E-state index contributed by atoms with van der Waals surface area (Å²) in [4.78, 5) is 49.2. The number of aromatic nitrogens is 1. The van der Waals surface area contributed by atoms with Crippen molar-refractivity contribution in [3.05, 3.63) is 77.5 Å². The predicted molar refractivity (Wildman–Crippen MR) is 211 cm³/mol. The highest BCUT2D eigenvalue weighted by Crippen LogP contribution is 2.30. The SMILES string of the molecule is Cc1ccc(N(C)C(=O)c2ccc(NC(=O)c3ccccc3OCCCN)nc2)c(OCCCCCC(=O)N2CCC(N(C)C)CC2)c1.Cl.Cl.Cl. The minimum Gasteiger partial charge on any atom is -0.493 e. The number of amides is 3. The molecule has 1 fully saturated rings. The number of halogens is 3. The summed E-state index contributed by atoms with van der Waals surface area (Å²) in [6.07, 6.45) is 7.27. The number of ether oxygens (including phenoxy) is 2. The minimum absolute atomic E-state index is 0. The first-order valence-corrected chi connectivity index (χ1v) is 16.8. The van der Waals surface area contributed by atoms with E-state index in [9.17, 15) is 14.4 Å². The van der Waals surface area contributed by atoms with Crippen molar-refractivity contribution in [3.8, 4) is 11.5 Å². The van der Waals surface area contributed by atoms with Gasteiger partial charge in [0, 0.05) is 38.8 Å². The first-order chi connectivity index (χ1) is 23.2. The fraction of sp³-hybridized carbons (Fsp3) is 0.459. The fourth-order valence-corrected chi connectivity index (χ4v) is 5.67. The summed E-state index contributed by atoms with van der Waals surface area (Å²) in [7, 11) is 5.90. The van der Waals surface area contributed by atoms with Crippen molar-refractivity contribution in [2.75, 3.05) is 64.2 Å². The Hall–Kier alpha value is -3.61. The van der Waals surface area contributed by atoms with E-state index in [-0.39, 0.29) is 54.9 Å². The van der Waals surface area contributed by atoms with Crippen molar-refractivity contribution in [2.45, 2.75) is 57.9 Å². The molecule has 1 saturated heterocycles. The number of para-hydroxylation sites is 1. The number of pyridine rings is 1. The van der Waals surface area contributed by atoms with E-state index in [0.717, 1.165) is 50.8 Å². The van der Waals surface area contributed by atoms with Crippen LogP contribution in [0.2, 0.25) is 0 Å². The highest BCUT2D eigenvalue weighted by Gasteiger charge is 2.23. The molecule has 2 aromatic carbocycles. The van der Waals surface area contributed by atoms with Gasteiger partial charge >= 0.3 is 0 Å². The molecule has 1 aromatic heterocycles. The third-order valence-electron chi connectivity index (χ3n) is 8.61. The number of piperidine rings is 1. The zero-order valence-corrected chi connectivity index (χ0v) is 32.4. The Balaban J connectivity index is 0.00000433. The van der Waals surface area contributed by atoms with E-state index < -0.39 is 0 Å². The second kappa shape index (κ2) is 23.1. The standard InChI is InChI=1S/C37H50N6O5.3ClH/c1-27-14-16-31(33(25-27)48-23-9-5-6-13-35(44)43-21-18-29(19-22-43)41(2)3)42(4)37(46)28-15-17-34(39-26-28)40-36(45)30-11-7-8-12-32(30)47-24-10-20-38;;;/h7-8,11-12,14-17,25-26,29H,5-6,9-10,13,18-24,38H2,1-4H3,(H,39,40,45);3*1H. The maximum atomic E-state index is 13.4. The zero-order valence-electron chi connectivity index (χ0n) is 30.0. The van der Waals surface area contributed by atoms with Gasteiger partial charge in [0.05, 0.1) is 30.0 Å². The van der Waals surface area contributed by atoms with Crippen LogP contribution in [0.25, 0.3) is 0 Å². The Morgan fingerprint density at radius 1 is 0.882 bits per heavy atom. The van der Waals surface area contributed by atoms with Crippen LogP contribution in [-0.4, -0.2) is 92.5 Å². The van der Waals surface area contributed by atoms with Crippen LogP contribution < -0.4 is 25.4 Å². The quantitative estimate of drug-likeness (QED) is 0.160. The van der Waals surface area contributed by atoms with E-state index in [1.165, 1.54) is 11.1 Å². The zero-order chi connectivity index (χ0) is 34.5. The number of benzene rings is 2. The van der Waals surface area contributed by atoms with Crippen molar-refractivity contribution in [1.29, 1.82) is 0 Å². The predicted octanol–water partition coefficient (Wildman–Crippen LogP) is 6.40. The molecule has 1 aliphatic heterocycles. The summed E-state index contributed by atoms with van der Waals surface area (Å²) in [6.45, 7) is 5.05. The van der Waals surface area contributed by atoms with Gasteiger partial charge in [-0.1, -0.05) is 18.2 Å². The molecule has 4 rings (SSSR count).